The maximum atomic E-state index is 12.8. The molecule has 5 atom stereocenters. The van der Waals surface area contributed by atoms with Crippen LogP contribution < -0.4 is 5.32 Å². The molecule has 1 aliphatic heterocycles. The van der Waals surface area contributed by atoms with Gasteiger partial charge in [-0.05, 0) is 0 Å². The van der Waals surface area contributed by atoms with E-state index >= 15 is 0 Å². The van der Waals surface area contributed by atoms with E-state index in [1.54, 1.807) is 0 Å². The van der Waals surface area contributed by atoms with Gasteiger partial charge in [0.05, 0.1) is 0 Å². The summed E-state index contributed by atoms with van der Waals surface area (Å²) in [6.07, 6.45) is -12.0. The Morgan fingerprint density at radius 3 is 1.77 bits per heavy atom. The summed E-state index contributed by atoms with van der Waals surface area (Å²) >= 11 is 0. The number of carbonyl (C=O) groups is 5. The first-order chi connectivity index (χ1) is 13.7. The number of hydrogen-bond acceptors (Lipinski definition) is 10. The number of carbonyl (C=O) groups excluding carboxylic acids is 5. The molecule has 0 aromatic heterocycles. The van der Waals surface area contributed by atoms with Gasteiger partial charge in [-0.3, -0.25) is 24.0 Å². The summed E-state index contributed by atoms with van der Waals surface area (Å²) in [5.74, 6) is -6.20. The van der Waals surface area contributed by atoms with E-state index in [0.29, 0.717) is 0 Å². The lowest BCUT2D eigenvalue weighted by Crippen LogP contribution is -2.67. The lowest BCUT2D eigenvalue weighted by atomic mass is 9.96. The average molecular weight is 443 g/mol. The Morgan fingerprint density at radius 1 is 0.833 bits per heavy atom. The summed E-state index contributed by atoms with van der Waals surface area (Å²) in [6.45, 7) is 3.22. The minimum absolute atomic E-state index is 0.594. The third-order valence-corrected chi connectivity index (χ3v) is 3.54. The zero-order valence-electron chi connectivity index (χ0n) is 16.3. The summed E-state index contributed by atoms with van der Waals surface area (Å²) in [6, 6.07) is -1.91. The second kappa shape index (κ2) is 10.2. The van der Waals surface area contributed by atoms with Crippen molar-refractivity contribution < 1.29 is 60.8 Å². The van der Waals surface area contributed by atoms with Crippen LogP contribution >= 0.6 is 0 Å². The van der Waals surface area contributed by atoms with Gasteiger partial charge in [0.25, 0.3) is 0 Å². The molecule has 0 aromatic carbocycles. The molecule has 1 saturated heterocycles. The van der Waals surface area contributed by atoms with Gasteiger partial charge in [0.1, 0.15) is 18.8 Å². The minimum Gasteiger partial charge on any atom is -0.463 e. The molecule has 0 saturated carbocycles. The number of esters is 4. The van der Waals surface area contributed by atoms with Crippen molar-refractivity contribution >= 4 is 29.8 Å². The summed E-state index contributed by atoms with van der Waals surface area (Å²) in [5, 5.41) is 1.52. The van der Waals surface area contributed by atoms with Crippen molar-refractivity contribution in [2.75, 3.05) is 6.61 Å². The van der Waals surface area contributed by atoms with Crippen molar-refractivity contribution in [1.82, 2.24) is 5.32 Å². The molecule has 0 aromatic rings. The van der Waals surface area contributed by atoms with Gasteiger partial charge >= 0.3 is 36.0 Å². The number of ether oxygens (including phenoxy) is 5. The van der Waals surface area contributed by atoms with Gasteiger partial charge in [-0.25, -0.2) is 0 Å². The molecule has 0 unspecified atom stereocenters. The normalized spacial score (nSPS) is 26.2. The van der Waals surface area contributed by atoms with Crippen LogP contribution in [0.1, 0.15) is 27.7 Å². The van der Waals surface area contributed by atoms with E-state index in [4.69, 9.17) is 23.7 Å². The predicted octanol–water partition coefficient (Wildman–Crippen LogP) is -0.252. The SMILES string of the molecule is CC(=O)OC[C@@H]1O[C@H](OC(C)=O)[C@H](NC(=O)C(F)(F)F)[C@@H](OC(C)=O)[C@@H]1OC(C)=O. The van der Waals surface area contributed by atoms with Gasteiger partial charge in [-0.15, -0.1) is 0 Å². The highest BCUT2D eigenvalue weighted by Gasteiger charge is 2.54. The Morgan fingerprint density at radius 2 is 1.33 bits per heavy atom. The number of rotatable bonds is 6. The molecule has 1 fully saturated rings. The summed E-state index contributed by atoms with van der Waals surface area (Å²) < 4.78 is 63.2. The quantitative estimate of drug-likeness (QED) is 0.431. The van der Waals surface area contributed by atoms with E-state index in [2.05, 4.69) is 0 Å². The van der Waals surface area contributed by atoms with Crippen molar-refractivity contribution in [3.8, 4) is 0 Å². The van der Waals surface area contributed by atoms with Gasteiger partial charge in [-0.2, -0.15) is 13.2 Å². The van der Waals surface area contributed by atoms with Crippen molar-refractivity contribution in [2.24, 2.45) is 0 Å². The third-order valence-electron chi connectivity index (χ3n) is 3.54. The van der Waals surface area contributed by atoms with Crippen LogP contribution in [0.4, 0.5) is 13.2 Å². The van der Waals surface area contributed by atoms with Gasteiger partial charge in [-0.1, -0.05) is 0 Å². The molecular formula is C16H20F3NO10. The first kappa shape index (κ1) is 25.1. The number of amides is 1. The second-order valence-corrected chi connectivity index (χ2v) is 6.10. The largest absolute Gasteiger partial charge is 0.471 e. The zero-order valence-corrected chi connectivity index (χ0v) is 16.3. The first-order valence-corrected chi connectivity index (χ1v) is 8.40. The summed E-state index contributed by atoms with van der Waals surface area (Å²) in [5.41, 5.74) is 0. The van der Waals surface area contributed by atoms with Gasteiger partial charge in [0, 0.05) is 27.7 Å². The van der Waals surface area contributed by atoms with Gasteiger partial charge in [0.15, 0.2) is 12.2 Å². The molecule has 1 amide bonds. The topological polar surface area (TPSA) is 144 Å². The molecule has 1 heterocycles. The van der Waals surface area contributed by atoms with E-state index in [1.807, 2.05) is 0 Å². The lowest BCUT2D eigenvalue weighted by molar-refractivity contribution is -0.272. The predicted molar refractivity (Wildman–Crippen MR) is 86.2 cm³/mol. The van der Waals surface area contributed by atoms with Crippen LogP contribution in [0.25, 0.3) is 0 Å². The molecule has 14 heteroatoms. The van der Waals surface area contributed by atoms with Crippen LogP contribution in [-0.4, -0.2) is 73.2 Å². The Kier molecular flexibility index (Phi) is 8.57. The maximum absolute atomic E-state index is 12.8. The van der Waals surface area contributed by atoms with E-state index in [9.17, 15) is 37.1 Å². The van der Waals surface area contributed by atoms with Crippen LogP contribution in [-0.2, 0) is 47.7 Å². The highest BCUT2D eigenvalue weighted by molar-refractivity contribution is 5.82. The van der Waals surface area contributed by atoms with E-state index < -0.39 is 73.2 Å². The Balaban J connectivity index is 3.39. The fourth-order valence-electron chi connectivity index (χ4n) is 2.55. The number of halogens is 3. The standard InChI is InChI=1S/C16H20F3NO10/c1-6(21)26-5-10-12(27-7(2)22)13(28-8(3)23)11(14(30-10)29-9(4)24)20-15(25)16(17,18)19/h10-14H,5H2,1-4H3,(H,20,25)/t10-,11+,12+,13+,14-/m0/s1. The summed E-state index contributed by atoms with van der Waals surface area (Å²) in [7, 11) is 0. The van der Waals surface area contributed by atoms with Crippen LogP contribution in [0.3, 0.4) is 0 Å². The molecule has 0 aliphatic carbocycles. The third kappa shape index (κ3) is 7.50. The first-order valence-electron chi connectivity index (χ1n) is 8.40. The lowest BCUT2D eigenvalue weighted by Gasteiger charge is -2.44. The smallest absolute Gasteiger partial charge is 0.463 e. The van der Waals surface area contributed by atoms with Crippen LogP contribution in [0.2, 0.25) is 0 Å². The van der Waals surface area contributed by atoms with Crippen LogP contribution in [0.15, 0.2) is 0 Å². The van der Waals surface area contributed by atoms with Crippen molar-refractivity contribution in [3.05, 3.63) is 0 Å². The molecule has 1 rings (SSSR count). The second-order valence-electron chi connectivity index (χ2n) is 6.10. The Bertz CT molecular complexity index is 695. The minimum atomic E-state index is -5.34. The van der Waals surface area contributed by atoms with Crippen molar-refractivity contribution in [2.45, 2.75) is 64.5 Å². The van der Waals surface area contributed by atoms with Crippen molar-refractivity contribution in [1.29, 1.82) is 0 Å². The highest BCUT2D eigenvalue weighted by Crippen LogP contribution is 2.29. The molecular weight excluding hydrogens is 423 g/mol. The Hall–Kier alpha value is -2.90. The molecule has 0 spiro atoms. The molecule has 1 N–H and O–H groups in total. The van der Waals surface area contributed by atoms with E-state index in [0.717, 1.165) is 27.7 Å². The monoisotopic (exact) mass is 443 g/mol. The fraction of sp³-hybridized carbons (Fsp3) is 0.688. The maximum Gasteiger partial charge on any atom is 0.471 e. The molecule has 0 bridgehead atoms. The molecule has 0 radical (unpaired) electrons. The number of alkyl halides is 3. The van der Waals surface area contributed by atoms with E-state index in [-0.39, 0.29) is 0 Å². The highest BCUT2D eigenvalue weighted by atomic mass is 19.4. The van der Waals surface area contributed by atoms with Gasteiger partial charge < -0.3 is 29.0 Å². The molecule has 30 heavy (non-hydrogen) atoms. The van der Waals surface area contributed by atoms with Crippen LogP contribution in [0.5, 0.6) is 0 Å². The molecule has 170 valence electrons. The Labute approximate surface area is 168 Å². The fourth-order valence-corrected chi connectivity index (χ4v) is 2.55. The molecule has 11 nitrogen and oxygen atoms in total. The number of nitrogens with one attached hydrogen (secondary N) is 1. The zero-order chi connectivity index (χ0) is 23.2. The van der Waals surface area contributed by atoms with Crippen molar-refractivity contribution in [3.63, 3.8) is 0 Å². The molecule has 1 aliphatic rings. The summed E-state index contributed by atoms with van der Waals surface area (Å²) in [4.78, 5) is 57.0. The van der Waals surface area contributed by atoms with E-state index in [1.165, 1.54) is 5.32 Å². The van der Waals surface area contributed by atoms with Crippen LogP contribution in [0, 0.1) is 0 Å². The number of hydrogen-bond donors (Lipinski definition) is 1. The van der Waals surface area contributed by atoms with Gasteiger partial charge in [0.2, 0.25) is 6.29 Å². The average Bonchev–Trinajstić information content (AvgIpc) is 2.56.